The minimum absolute atomic E-state index is 0.630. The molecule has 0 amide bonds. The van der Waals surface area contributed by atoms with Crippen LogP contribution >= 0.6 is 11.3 Å². The molecule has 1 aliphatic rings. The zero-order valence-corrected chi connectivity index (χ0v) is 12.0. The molecule has 1 aromatic heterocycles. The summed E-state index contributed by atoms with van der Waals surface area (Å²) in [5, 5.41) is 5.68. The van der Waals surface area contributed by atoms with Crippen LogP contribution in [0.1, 0.15) is 25.6 Å². The molecule has 0 bridgehead atoms. The summed E-state index contributed by atoms with van der Waals surface area (Å²) in [6, 6.07) is 5.03. The number of hydrogen-bond acceptors (Lipinski definition) is 3. The lowest BCUT2D eigenvalue weighted by atomic mass is 9.97. The van der Waals surface area contributed by atoms with Crippen LogP contribution in [-0.2, 0) is 6.54 Å². The average molecular weight is 252 g/mol. The van der Waals surface area contributed by atoms with Gasteiger partial charge in [0.2, 0.25) is 0 Å². The number of rotatable bonds is 5. The molecule has 1 saturated heterocycles. The smallest absolute Gasteiger partial charge is 0.0330 e. The van der Waals surface area contributed by atoms with E-state index in [1.807, 2.05) is 11.3 Å². The Hall–Kier alpha value is -0.380. The quantitative estimate of drug-likeness (QED) is 0.867. The molecule has 0 saturated carbocycles. The summed E-state index contributed by atoms with van der Waals surface area (Å²) in [5.74, 6) is 1.64. The third kappa shape index (κ3) is 3.54. The Morgan fingerprint density at radius 2 is 2.29 bits per heavy atom. The third-order valence-corrected chi connectivity index (χ3v) is 4.68. The summed E-state index contributed by atoms with van der Waals surface area (Å²) in [6.45, 7) is 11.7. The first-order valence-electron chi connectivity index (χ1n) is 6.64. The molecule has 17 heavy (non-hydrogen) atoms. The van der Waals surface area contributed by atoms with Crippen LogP contribution in [0.15, 0.2) is 17.5 Å². The maximum atomic E-state index is 3.50. The fourth-order valence-electron chi connectivity index (χ4n) is 2.47. The minimum Gasteiger partial charge on any atom is -0.316 e. The predicted octanol–water partition coefficient (Wildman–Crippen LogP) is 2.81. The SMILES string of the molecule is CC(C)N(Cc1cccs1)C[C@@H]1CNC[C@H]1C. The van der Waals surface area contributed by atoms with Crippen molar-refractivity contribution in [3.8, 4) is 0 Å². The fraction of sp³-hybridized carbons (Fsp3) is 0.714. The van der Waals surface area contributed by atoms with Gasteiger partial charge in [-0.1, -0.05) is 13.0 Å². The first-order valence-corrected chi connectivity index (χ1v) is 7.52. The molecule has 0 unspecified atom stereocenters. The van der Waals surface area contributed by atoms with Crippen molar-refractivity contribution in [2.24, 2.45) is 11.8 Å². The van der Waals surface area contributed by atoms with Crippen molar-refractivity contribution in [1.82, 2.24) is 10.2 Å². The van der Waals surface area contributed by atoms with E-state index in [2.05, 4.69) is 48.5 Å². The van der Waals surface area contributed by atoms with E-state index in [1.54, 1.807) is 0 Å². The van der Waals surface area contributed by atoms with Crippen molar-refractivity contribution in [2.75, 3.05) is 19.6 Å². The highest BCUT2D eigenvalue weighted by Crippen LogP contribution is 2.21. The van der Waals surface area contributed by atoms with Crippen molar-refractivity contribution in [3.63, 3.8) is 0 Å². The van der Waals surface area contributed by atoms with Gasteiger partial charge < -0.3 is 5.32 Å². The lowest BCUT2D eigenvalue weighted by molar-refractivity contribution is 0.171. The van der Waals surface area contributed by atoms with Gasteiger partial charge >= 0.3 is 0 Å². The molecule has 1 fully saturated rings. The molecule has 1 aliphatic heterocycles. The molecular formula is C14H24N2S. The number of hydrogen-bond donors (Lipinski definition) is 1. The molecule has 2 nitrogen and oxygen atoms in total. The predicted molar refractivity (Wildman–Crippen MR) is 75.4 cm³/mol. The van der Waals surface area contributed by atoms with Crippen LogP contribution in [0.5, 0.6) is 0 Å². The van der Waals surface area contributed by atoms with E-state index in [-0.39, 0.29) is 0 Å². The van der Waals surface area contributed by atoms with Crippen LogP contribution in [0, 0.1) is 11.8 Å². The first kappa shape index (κ1) is 13.1. The zero-order valence-electron chi connectivity index (χ0n) is 11.1. The molecule has 1 aromatic rings. The van der Waals surface area contributed by atoms with Gasteiger partial charge in [0.25, 0.3) is 0 Å². The molecule has 2 rings (SSSR count). The molecule has 0 aromatic carbocycles. The van der Waals surface area contributed by atoms with Gasteiger partial charge in [-0.2, -0.15) is 0 Å². The monoisotopic (exact) mass is 252 g/mol. The topological polar surface area (TPSA) is 15.3 Å². The lowest BCUT2D eigenvalue weighted by Crippen LogP contribution is -2.36. The van der Waals surface area contributed by atoms with Crippen LogP contribution in [0.2, 0.25) is 0 Å². The van der Waals surface area contributed by atoms with Crippen LogP contribution in [0.25, 0.3) is 0 Å². The van der Waals surface area contributed by atoms with Gasteiger partial charge in [0.15, 0.2) is 0 Å². The number of nitrogens with one attached hydrogen (secondary N) is 1. The Labute approximate surface area is 109 Å². The maximum absolute atomic E-state index is 3.50. The molecule has 1 N–H and O–H groups in total. The van der Waals surface area contributed by atoms with Gasteiger partial charge in [0, 0.05) is 24.0 Å². The van der Waals surface area contributed by atoms with E-state index in [0.717, 1.165) is 18.4 Å². The van der Waals surface area contributed by atoms with Crippen LogP contribution in [0.4, 0.5) is 0 Å². The lowest BCUT2D eigenvalue weighted by Gasteiger charge is -2.30. The molecular weight excluding hydrogens is 228 g/mol. The number of nitrogens with zero attached hydrogens (tertiary/aromatic N) is 1. The van der Waals surface area contributed by atoms with E-state index in [1.165, 1.54) is 24.5 Å². The minimum atomic E-state index is 0.630. The Morgan fingerprint density at radius 3 is 2.82 bits per heavy atom. The van der Waals surface area contributed by atoms with Gasteiger partial charge in [0.1, 0.15) is 0 Å². The van der Waals surface area contributed by atoms with E-state index in [4.69, 9.17) is 0 Å². The highest BCUT2D eigenvalue weighted by Gasteiger charge is 2.26. The number of thiophene rings is 1. The van der Waals surface area contributed by atoms with E-state index in [0.29, 0.717) is 6.04 Å². The van der Waals surface area contributed by atoms with Crippen molar-refractivity contribution in [2.45, 2.75) is 33.4 Å². The standard InChI is InChI=1S/C14H24N2S/c1-11(2)16(10-14-5-4-6-17-14)9-13-8-15-7-12(13)3/h4-6,11-13,15H,7-10H2,1-3H3/t12-,13+/m1/s1. The molecule has 2 heterocycles. The van der Waals surface area contributed by atoms with Crippen molar-refractivity contribution < 1.29 is 0 Å². The van der Waals surface area contributed by atoms with Crippen molar-refractivity contribution >= 4 is 11.3 Å². The maximum Gasteiger partial charge on any atom is 0.0330 e. The van der Waals surface area contributed by atoms with Gasteiger partial charge in [-0.05, 0) is 50.2 Å². The van der Waals surface area contributed by atoms with Crippen LogP contribution in [0.3, 0.4) is 0 Å². The zero-order chi connectivity index (χ0) is 12.3. The summed E-state index contributed by atoms with van der Waals surface area (Å²) in [4.78, 5) is 4.09. The average Bonchev–Trinajstić information content (AvgIpc) is 2.90. The second kappa shape index (κ2) is 5.98. The summed E-state index contributed by atoms with van der Waals surface area (Å²) in [5.41, 5.74) is 0. The molecule has 0 spiro atoms. The first-order chi connectivity index (χ1) is 8.16. The summed E-state index contributed by atoms with van der Waals surface area (Å²) < 4.78 is 0. The second-order valence-electron chi connectivity index (χ2n) is 5.50. The highest BCUT2D eigenvalue weighted by molar-refractivity contribution is 7.09. The molecule has 0 radical (unpaired) electrons. The Morgan fingerprint density at radius 1 is 1.47 bits per heavy atom. The van der Waals surface area contributed by atoms with Crippen LogP contribution < -0.4 is 5.32 Å². The summed E-state index contributed by atoms with van der Waals surface area (Å²) in [6.07, 6.45) is 0. The van der Waals surface area contributed by atoms with Gasteiger partial charge in [0.05, 0.1) is 0 Å². The van der Waals surface area contributed by atoms with Crippen molar-refractivity contribution in [3.05, 3.63) is 22.4 Å². The highest BCUT2D eigenvalue weighted by atomic mass is 32.1. The van der Waals surface area contributed by atoms with Gasteiger partial charge in [-0.25, -0.2) is 0 Å². The molecule has 0 aliphatic carbocycles. The normalized spacial score (nSPS) is 25.0. The molecule has 2 atom stereocenters. The second-order valence-corrected chi connectivity index (χ2v) is 6.53. The van der Waals surface area contributed by atoms with Crippen molar-refractivity contribution in [1.29, 1.82) is 0 Å². The Bertz CT molecular complexity index is 321. The third-order valence-electron chi connectivity index (χ3n) is 3.82. The van der Waals surface area contributed by atoms with E-state index < -0.39 is 0 Å². The molecule has 96 valence electrons. The summed E-state index contributed by atoms with van der Waals surface area (Å²) in [7, 11) is 0. The Balaban J connectivity index is 1.93. The van der Waals surface area contributed by atoms with Gasteiger partial charge in [-0.3, -0.25) is 4.90 Å². The summed E-state index contributed by atoms with van der Waals surface area (Å²) >= 11 is 1.87. The van der Waals surface area contributed by atoms with E-state index in [9.17, 15) is 0 Å². The Kier molecular flexibility index (Phi) is 4.60. The van der Waals surface area contributed by atoms with E-state index >= 15 is 0 Å². The van der Waals surface area contributed by atoms with Gasteiger partial charge in [-0.15, -0.1) is 11.3 Å². The van der Waals surface area contributed by atoms with Crippen LogP contribution in [-0.4, -0.2) is 30.6 Å². The molecule has 3 heteroatoms. The largest absolute Gasteiger partial charge is 0.316 e. The fourth-order valence-corrected chi connectivity index (χ4v) is 3.20.